The number of pyridine rings is 2. The molecule has 0 radical (unpaired) electrons. The third-order valence-corrected chi connectivity index (χ3v) is 4.67. The maximum absolute atomic E-state index is 5.41. The minimum atomic E-state index is 0.641. The van der Waals surface area contributed by atoms with Gasteiger partial charge >= 0.3 is 0 Å². The highest BCUT2D eigenvalue weighted by Gasteiger charge is 2.13. The van der Waals surface area contributed by atoms with Gasteiger partial charge in [-0.3, -0.25) is 9.50 Å². The second-order valence-corrected chi connectivity index (χ2v) is 6.27. The van der Waals surface area contributed by atoms with Crippen molar-refractivity contribution in [3.63, 3.8) is 0 Å². The van der Waals surface area contributed by atoms with Gasteiger partial charge in [0.15, 0.2) is 28.6 Å². The molecule has 4 aromatic heterocycles. The van der Waals surface area contributed by atoms with Gasteiger partial charge in [0.1, 0.15) is 0 Å². The molecule has 0 spiro atoms. The average molecular weight is 372 g/mol. The Balaban J connectivity index is 1.64. The van der Waals surface area contributed by atoms with Crippen LogP contribution >= 0.6 is 0 Å². The number of aromatic amines is 1. The van der Waals surface area contributed by atoms with Crippen LogP contribution in [0.3, 0.4) is 0 Å². The van der Waals surface area contributed by atoms with Gasteiger partial charge in [0.25, 0.3) is 0 Å². The van der Waals surface area contributed by atoms with Gasteiger partial charge in [0, 0.05) is 34.5 Å². The van der Waals surface area contributed by atoms with E-state index >= 15 is 0 Å². The summed E-state index contributed by atoms with van der Waals surface area (Å²) in [6, 6.07) is 11.7. The maximum Gasteiger partial charge on any atom is 0.168 e. The SMILES string of the molecule is COc1ccc(-c2nnc3ccc(-c4cnc5[nH]ncc5c4)cn23)cc1OC. The summed E-state index contributed by atoms with van der Waals surface area (Å²) < 4.78 is 12.7. The van der Waals surface area contributed by atoms with Crippen LogP contribution in [0.1, 0.15) is 0 Å². The number of nitrogens with one attached hydrogen (secondary N) is 1. The zero-order chi connectivity index (χ0) is 19.1. The third-order valence-electron chi connectivity index (χ3n) is 4.67. The quantitative estimate of drug-likeness (QED) is 0.520. The Morgan fingerprint density at radius 3 is 2.57 bits per heavy atom. The molecule has 0 aliphatic rings. The van der Waals surface area contributed by atoms with Crippen LogP contribution < -0.4 is 9.47 Å². The Labute approximate surface area is 159 Å². The maximum atomic E-state index is 5.41. The fourth-order valence-corrected chi connectivity index (χ4v) is 3.23. The van der Waals surface area contributed by atoms with E-state index in [0.717, 1.165) is 39.2 Å². The van der Waals surface area contributed by atoms with E-state index < -0.39 is 0 Å². The number of rotatable bonds is 4. The lowest BCUT2D eigenvalue weighted by Crippen LogP contribution is -1.94. The van der Waals surface area contributed by atoms with Crippen LogP contribution in [0, 0.1) is 0 Å². The molecule has 0 saturated heterocycles. The standard InChI is InChI=1S/C20H16N6O2/c1-27-16-5-3-12(8-17(16)28-2)20-25-23-18-6-4-13(11-26(18)20)14-7-15-10-22-24-19(15)21-9-14/h3-11H,1-2H3,(H,21,22,24). The Kier molecular flexibility index (Phi) is 3.68. The summed E-state index contributed by atoms with van der Waals surface area (Å²) in [4.78, 5) is 4.42. The monoisotopic (exact) mass is 372 g/mol. The van der Waals surface area contributed by atoms with Gasteiger partial charge in [-0.2, -0.15) is 5.10 Å². The number of hydrogen-bond acceptors (Lipinski definition) is 6. The van der Waals surface area contributed by atoms with Gasteiger partial charge in [-0.15, -0.1) is 10.2 Å². The first-order valence-corrected chi connectivity index (χ1v) is 8.63. The molecule has 0 fully saturated rings. The molecule has 0 aliphatic carbocycles. The predicted octanol–water partition coefficient (Wildman–Crippen LogP) is 3.35. The molecular weight excluding hydrogens is 356 g/mol. The molecule has 0 amide bonds. The smallest absolute Gasteiger partial charge is 0.168 e. The summed E-state index contributed by atoms with van der Waals surface area (Å²) in [5.41, 5.74) is 4.39. The Morgan fingerprint density at radius 1 is 0.857 bits per heavy atom. The van der Waals surface area contributed by atoms with E-state index in [1.807, 2.05) is 53.2 Å². The molecule has 8 nitrogen and oxygen atoms in total. The number of H-pyrrole nitrogens is 1. The van der Waals surface area contributed by atoms with Gasteiger partial charge < -0.3 is 9.47 Å². The number of methoxy groups -OCH3 is 2. The summed E-state index contributed by atoms with van der Waals surface area (Å²) in [7, 11) is 3.22. The summed E-state index contributed by atoms with van der Waals surface area (Å²) in [5, 5.41) is 16.5. The molecule has 0 bridgehead atoms. The van der Waals surface area contributed by atoms with E-state index in [1.165, 1.54) is 0 Å². The summed E-state index contributed by atoms with van der Waals surface area (Å²) in [6.45, 7) is 0. The molecule has 1 N–H and O–H groups in total. The van der Waals surface area contributed by atoms with Gasteiger partial charge in [-0.05, 0) is 36.4 Å². The first kappa shape index (κ1) is 16.2. The normalized spacial score (nSPS) is 11.2. The topological polar surface area (TPSA) is 90.2 Å². The first-order chi connectivity index (χ1) is 13.8. The van der Waals surface area contributed by atoms with Crippen molar-refractivity contribution < 1.29 is 9.47 Å². The van der Waals surface area contributed by atoms with Gasteiger partial charge in [0.05, 0.1) is 20.4 Å². The van der Waals surface area contributed by atoms with Crippen LogP contribution in [0.15, 0.2) is 55.0 Å². The van der Waals surface area contributed by atoms with E-state index in [2.05, 4.69) is 25.4 Å². The zero-order valence-electron chi connectivity index (χ0n) is 15.2. The number of hydrogen-bond donors (Lipinski definition) is 1. The number of aromatic nitrogens is 6. The van der Waals surface area contributed by atoms with Crippen LogP contribution in [0.4, 0.5) is 0 Å². The molecule has 28 heavy (non-hydrogen) atoms. The van der Waals surface area contributed by atoms with Gasteiger partial charge in [0.2, 0.25) is 0 Å². The highest BCUT2D eigenvalue weighted by atomic mass is 16.5. The van der Waals surface area contributed by atoms with E-state index in [-0.39, 0.29) is 0 Å². The Morgan fingerprint density at radius 2 is 1.71 bits per heavy atom. The van der Waals surface area contributed by atoms with Crippen LogP contribution in [0.2, 0.25) is 0 Å². The third kappa shape index (κ3) is 2.54. The number of fused-ring (bicyclic) bond motifs is 2. The summed E-state index contributed by atoms with van der Waals surface area (Å²) in [5.74, 6) is 2.03. The Hall–Kier alpha value is -3.94. The molecule has 0 unspecified atom stereocenters. The molecule has 5 aromatic rings. The highest BCUT2D eigenvalue weighted by molar-refractivity contribution is 5.80. The first-order valence-electron chi connectivity index (χ1n) is 8.63. The molecule has 4 heterocycles. The minimum Gasteiger partial charge on any atom is -0.493 e. The fraction of sp³-hybridized carbons (Fsp3) is 0.100. The lowest BCUT2D eigenvalue weighted by molar-refractivity contribution is 0.355. The van der Waals surface area contributed by atoms with Crippen LogP contribution in [0.25, 0.3) is 39.2 Å². The lowest BCUT2D eigenvalue weighted by Gasteiger charge is -2.09. The van der Waals surface area contributed by atoms with E-state index in [4.69, 9.17) is 9.47 Å². The molecule has 0 saturated carbocycles. The van der Waals surface area contributed by atoms with Crippen molar-refractivity contribution in [1.29, 1.82) is 0 Å². The van der Waals surface area contributed by atoms with Crippen molar-refractivity contribution >= 4 is 16.7 Å². The zero-order valence-corrected chi connectivity index (χ0v) is 15.2. The van der Waals surface area contributed by atoms with E-state index in [1.54, 1.807) is 20.4 Å². The molecule has 8 heteroatoms. The highest BCUT2D eigenvalue weighted by Crippen LogP contribution is 2.32. The lowest BCUT2D eigenvalue weighted by atomic mass is 10.1. The number of benzene rings is 1. The summed E-state index contributed by atoms with van der Waals surface area (Å²) in [6.07, 6.45) is 5.59. The van der Waals surface area contributed by atoms with Crippen LogP contribution in [-0.2, 0) is 0 Å². The predicted molar refractivity (Wildman–Crippen MR) is 104 cm³/mol. The van der Waals surface area contributed by atoms with Crippen molar-refractivity contribution in [2.24, 2.45) is 0 Å². The molecule has 5 rings (SSSR count). The van der Waals surface area contributed by atoms with Gasteiger partial charge in [-0.1, -0.05) is 0 Å². The van der Waals surface area contributed by atoms with Crippen molar-refractivity contribution in [3.8, 4) is 34.0 Å². The van der Waals surface area contributed by atoms with E-state index in [9.17, 15) is 0 Å². The minimum absolute atomic E-state index is 0.641. The number of nitrogens with zero attached hydrogens (tertiary/aromatic N) is 5. The number of ether oxygens (including phenoxy) is 2. The fourth-order valence-electron chi connectivity index (χ4n) is 3.23. The van der Waals surface area contributed by atoms with Crippen molar-refractivity contribution in [3.05, 3.63) is 55.0 Å². The van der Waals surface area contributed by atoms with Crippen LogP contribution in [-0.4, -0.2) is 44.0 Å². The molecule has 1 aromatic carbocycles. The average Bonchev–Trinajstić information content (AvgIpc) is 3.38. The molecular formula is C20H16N6O2. The molecule has 138 valence electrons. The largest absolute Gasteiger partial charge is 0.493 e. The van der Waals surface area contributed by atoms with E-state index in [0.29, 0.717) is 11.5 Å². The van der Waals surface area contributed by atoms with Crippen LogP contribution in [0.5, 0.6) is 11.5 Å². The second kappa shape index (κ2) is 6.34. The van der Waals surface area contributed by atoms with Crippen molar-refractivity contribution in [1.82, 2.24) is 29.8 Å². The molecule has 0 atom stereocenters. The summed E-state index contributed by atoms with van der Waals surface area (Å²) >= 11 is 0. The Bertz CT molecular complexity index is 1310. The van der Waals surface area contributed by atoms with Crippen molar-refractivity contribution in [2.75, 3.05) is 14.2 Å². The second-order valence-electron chi connectivity index (χ2n) is 6.27. The molecule has 0 aliphatic heterocycles. The van der Waals surface area contributed by atoms with Crippen molar-refractivity contribution in [2.45, 2.75) is 0 Å². The van der Waals surface area contributed by atoms with Gasteiger partial charge in [-0.25, -0.2) is 4.98 Å².